The number of ether oxygens (including phenoxy) is 2. The number of ketones is 3. The largest absolute Gasteiger partial charge is 0.494 e. The van der Waals surface area contributed by atoms with Crippen molar-refractivity contribution in [3.8, 4) is 5.75 Å². The summed E-state index contributed by atoms with van der Waals surface area (Å²) in [6, 6.07) is 13.6. The lowest BCUT2D eigenvalue weighted by atomic mass is 10.1. The van der Waals surface area contributed by atoms with Crippen molar-refractivity contribution in [1.29, 1.82) is 0 Å². The molecular formula is C27H33BrCl2O5. The normalized spacial score (nSPS) is 10.5. The van der Waals surface area contributed by atoms with Gasteiger partial charge in [-0.25, -0.2) is 0 Å². The lowest BCUT2D eigenvalue weighted by molar-refractivity contribution is 0.0998. The Labute approximate surface area is 226 Å². The number of benzene rings is 2. The molecule has 0 N–H and O–H groups in total. The molecule has 2 rings (SSSR count). The van der Waals surface area contributed by atoms with E-state index >= 15 is 0 Å². The van der Waals surface area contributed by atoms with Crippen LogP contribution in [0.15, 0.2) is 48.5 Å². The zero-order chi connectivity index (χ0) is 26.1. The molecule has 0 saturated carbocycles. The Bertz CT molecular complexity index is 899. The fourth-order valence-corrected chi connectivity index (χ4v) is 3.63. The molecule has 0 radical (unpaired) electrons. The highest BCUT2D eigenvalue weighted by Crippen LogP contribution is 2.15. The van der Waals surface area contributed by atoms with E-state index in [0.29, 0.717) is 16.5 Å². The number of methoxy groups -OCH3 is 1. The first kappa shape index (κ1) is 31.3. The number of carbonyl (C=O) groups excluding carboxylic acids is 3. The van der Waals surface area contributed by atoms with E-state index in [2.05, 4.69) is 15.9 Å². The minimum atomic E-state index is -1.06. The lowest BCUT2D eigenvalue weighted by Crippen LogP contribution is -2.08. The topological polar surface area (TPSA) is 69.7 Å². The maximum atomic E-state index is 11.5. The van der Waals surface area contributed by atoms with Crippen molar-refractivity contribution in [2.45, 2.75) is 50.3 Å². The van der Waals surface area contributed by atoms with Crippen molar-refractivity contribution in [1.82, 2.24) is 0 Å². The molecule has 0 atom stereocenters. The van der Waals surface area contributed by atoms with Crippen molar-refractivity contribution >= 4 is 56.5 Å². The summed E-state index contributed by atoms with van der Waals surface area (Å²) in [6.07, 6.45) is 7.21. The van der Waals surface area contributed by atoms with E-state index in [0.717, 1.165) is 37.4 Å². The Morgan fingerprint density at radius 3 is 1.74 bits per heavy atom. The van der Waals surface area contributed by atoms with E-state index in [4.69, 9.17) is 32.7 Å². The number of Topliss-reactive ketones (excluding diaryl/α,β-unsaturated/α-hetero) is 3. The van der Waals surface area contributed by atoms with Gasteiger partial charge in [0.1, 0.15) is 5.75 Å². The van der Waals surface area contributed by atoms with Gasteiger partial charge in [0.2, 0.25) is 0 Å². The predicted octanol–water partition coefficient (Wildman–Crippen LogP) is 7.51. The standard InChI is InChI=1S/C17H25BrO3.C10H8Cl2O2/c1-20-12-6-4-2-3-5-7-13-21-16-10-8-15(9-11-16)17(19)14-18;1-6(13)7-2-4-8(5-3-7)9(14)10(11)12/h8-11H,2-7,12-14H2,1H3;2-5,10H,1H3. The number of unbranched alkanes of at least 4 members (excludes halogenated alkanes) is 5. The van der Waals surface area contributed by atoms with Crippen molar-refractivity contribution in [3.05, 3.63) is 65.2 Å². The van der Waals surface area contributed by atoms with Crippen LogP contribution in [0.3, 0.4) is 0 Å². The van der Waals surface area contributed by atoms with Crippen LogP contribution in [0.1, 0.15) is 76.5 Å². The maximum Gasteiger partial charge on any atom is 0.195 e. The van der Waals surface area contributed by atoms with Gasteiger partial charge in [-0.1, -0.05) is 89.1 Å². The Balaban J connectivity index is 0.000000379. The summed E-state index contributed by atoms with van der Waals surface area (Å²) in [5, 5.41) is 0.359. The first-order valence-electron chi connectivity index (χ1n) is 11.5. The minimum absolute atomic E-state index is 0.0442. The molecule has 0 heterocycles. The van der Waals surface area contributed by atoms with Crippen LogP contribution in [0.2, 0.25) is 0 Å². The molecule has 0 unspecified atom stereocenters. The monoisotopic (exact) mass is 586 g/mol. The van der Waals surface area contributed by atoms with Gasteiger partial charge in [-0.05, 0) is 44.0 Å². The Morgan fingerprint density at radius 2 is 1.26 bits per heavy atom. The highest BCUT2D eigenvalue weighted by atomic mass is 79.9. The number of hydrogen-bond acceptors (Lipinski definition) is 5. The molecule has 35 heavy (non-hydrogen) atoms. The molecule has 192 valence electrons. The van der Waals surface area contributed by atoms with Crippen LogP contribution in [-0.4, -0.2) is 47.8 Å². The van der Waals surface area contributed by atoms with Crippen LogP contribution in [0.25, 0.3) is 0 Å². The van der Waals surface area contributed by atoms with Crippen LogP contribution >= 0.6 is 39.1 Å². The second-order valence-corrected chi connectivity index (χ2v) is 9.50. The van der Waals surface area contributed by atoms with E-state index in [9.17, 15) is 14.4 Å². The van der Waals surface area contributed by atoms with Crippen molar-refractivity contribution in [3.63, 3.8) is 0 Å². The third kappa shape index (κ3) is 13.2. The Hall–Kier alpha value is -1.73. The summed E-state index contributed by atoms with van der Waals surface area (Å²) >= 11 is 14.0. The van der Waals surface area contributed by atoms with Gasteiger partial charge in [0, 0.05) is 30.4 Å². The summed E-state index contributed by atoms with van der Waals surface area (Å²) in [5.74, 6) is 0.525. The van der Waals surface area contributed by atoms with Gasteiger partial charge in [-0.2, -0.15) is 0 Å². The quantitative estimate of drug-likeness (QED) is 0.122. The smallest absolute Gasteiger partial charge is 0.195 e. The highest BCUT2D eigenvalue weighted by molar-refractivity contribution is 9.09. The molecule has 0 aliphatic heterocycles. The third-order valence-electron chi connectivity index (χ3n) is 5.08. The molecular weight excluding hydrogens is 555 g/mol. The summed E-state index contributed by atoms with van der Waals surface area (Å²) in [5.41, 5.74) is 1.68. The summed E-state index contributed by atoms with van der Waals surface area (Å²) in [4.78, 5) is 32.6. The predicted molar refractivity (Wildman–Crippen MR) is 146 cm³/mol. The molecule has 2 aromatic rings. The molecule has 0 saturated heterocycles. The van der Waals surface area contributed by atoms with E-state index in [-0.39, 0.29) is 17.3 Å². The average molecular weight is 588 g/mol. The number of halogens is 3. The highest BCUT2D eigenvalue weighted by Gasteiger charge is 2.14. The van der Waals surface area contributed by atoms with Crippen molar-refractivity contribution in [2.24, 2.45) is 0 Å². The van der Waals surface area contributed by atoms with Gasteiger partial charge in [0.05, 0.1) is 11.9 Å². The maximum absolute atomic E-state index is 11.5. The summed E-state index contributed by atoms with van der Waals surface area (Å²) in [7, 11) is 1.75. The fraction of sp³-hybridized carbons (Fsp3) is 0.444. The van der Waals surface area contributed by atoms with Crippen LogP contribution in [-0.2, 0) is 4.74 Å². The van der Waals surface area contributed by atoms with Gasteiger partial charge in [-0.3, -0.25) is 14.4 Å². The zero-order valence-corrected chi connectivity index (χ0v) is 23.3. The number of hydrogen-bond donors (Lipinski definition) is 0. The molecule has 2 aromatic carbocycles. The van der Waals surface area contributed by atoms with Crippen LogP contribution in [0.4, 0.5) is 0 Å². The van der Waals surface area contributed by atoms with E-state index in [1.165, 1.54) is 44.7 Å². The van der Waals surface area contributed by atoms with Gasteiger partial charge in [0.25, 0.3) is 0 Å². The summed E-state index contributed by atoms with van der Waals surface area (Å²) in [6.45, 7) is 3.07. The summed E-state index contributed by atoms with van der Waals surface area (Å²) < 4.78 is 10.7. The van der Waals surface area contributed by atoms with E-state index in [1.807, 2.05) is 24.3 Å². The molecule has 0 aromatic heterocycles. The second kappa shape index (κ2) is 18.5. The first-order chi connectivity index (χ1) is 16.8. The van der Waals surface area contributed by atoms with Gasteiger partial charge in [0.15, 0.2) is 22.2 Å². The van der Waals surface area contributed by atoms with E-state index < -0.39 is 4.84 Å². The van der Waals surface area contributed by atoms with Crippen LogP contribution in [0.5, 0.6) is 5.75 Å². The van der Waals surface area contributed by atoms with Gasteiger partial charge < -0.3 is 9.47 Å². The molecule has 5 nitrogen and oxygen atoms in total. The third-order valence-corrected chi connectivity index (χ3v) is 5.99. The Kier molecular flexibility index (Phi) is 16.6. The number of alkyl halides is 3. The molecule has 0 spiro atoms. The van der Waals surface area contributed by atoms with Crippen molar-refractivity contribution < 1.29 is 23.9 Å². The first-order valence-corrected chi connectivity index (χ1v) is 13.5. The second-order valence-electron chi connectivity index (χ2n) is 7.84. The number of rotatable bonds is 15. The lowest BCUT2D eigenvalue weighted by Gasteiger charge is -2.07. The van der Waals surface area contributed by atoms with Gasteiger partial charge >= 0.3 is 0 Å². The van der Waals surface area contributed by atoms with Crippen LogP contribution in [0, 0.1) is 0 Å². The molecule has 0 aliphatic carbocycles. The van der Waals surface area contributed by atoms with Gasteiger partial charge in [-0.15, -0.1) is 0 Å². The molecule has 0 aliphatic rings. The molecule has 8 heteroatoms. The SMILES string of the molecule is CC(=O)c1ccc(C(=O)C(Cl)Cl)cc1.COCCCCCCCCOc1ccc(C(=O)CBr)cc1. The Morgan fingerprint density at radius 1 is 0.771 bits per heavy atom. The average Bonchev–Trinajstić information content (AvgIpc) is 2.87. The van der Waals surface area contributed by atoms with Crippen molar-refractivity contribution in [2.75, 3.05) is 25.7 Å². The molecule has 0 fully saturated rings. The number of carbonyl (C=O) groups is 3. The minimum Gasteiger partial charge on any atom is -0.494 e. The van der Waals surface area contributed by atoms with Crippen LogP contribution < -0.4 is 4.74 Å². The fourth-order valence-electron chi connectivity index (χ4n) is 3.05. The van der Waals surface area contributed by atoms with E-state index in [1.54, 1.807) is 19.2 Å². The zero-order valence-electron chi connectivity index (χ0n) is 20.2. The molecule has 0 amide bonds. The molecule has 0 bridgehead atoms.